The summed E-state index contributed by atoms with van der Waals surface area (Å²) < 4.78 is 0.999. The van der Waals surface area contributed by atoms with Crippen molar-refractivity contribution in [3.63, 3.8) is 0 Å². The Hall–Kier alpha value is -1.88. The molecule has 0 amide bonds. The van der Waals surface area contributed by atoms with Gasteiger partial charge in [-0.2, -0.15) is 0 Å². The van der Waals surface area contributed by atoms with Crippen molar-refractivity contribution in [1.82, 2.24) is 4.98 Å². The molecule has 104 valence electrons. The van der Waals surface area contributed by atoms with E-state index in [-0.39, 0.29) is 5.56 Å². The minimum Gasteiger partial charge on any atom is -0.478 e. The molecule has 1 aromatic heterocycles. The number of carboxylic acids is 1. The molecular formula is C15H15BrN2O2. The Morgan fingerprint density at radius 2 is 2.10 bits per heavy atom. The van der Waals surface area contributed by atoms with Crippen molar-refractivity contribution < 1.29 is 9.90 Å². The van der Waals surface area contributed by atoms with Gasteiger partial charge in [0.2, 0.25) is 0 Å². The van der Waals surface area contributed by atoms with E-state index in [0.717, 1.165) is 15.7 Å². The maximum atomic E-state index is 11.3. The molecule has 1 aromatic carbocycles. The fourth-order valence-corrected chi connectivity index (χ4v) is 2.43. The zero-order valence-electron chi connectivity index (χ0n) is 11.3. The van der Waals surface area contributed by atoms with Gasteiger partial charge in [-0.1, -0.05) is 28.1 Å². The monoisotopic (exact) mass is 334 g/mol. The van der Waals surface area contributed by atoms with Crippen LogP contribution in [0.2, 0.25) is 0 Å². The van der Waals surface area contributed by atoms with E-state index in [1.54, 1.807) is 12.1 Å². The van der Waals surface area contributed by atoms with E-state index in [4.69, 9.17) is 0 Å². The van der Waals surface area contributed by atoms with Crippen LogP contribution >= 0.6 is 15.9 Å². The van der Waals surface area contributed by atoms with E-state index < -0.39 is 5.97 Å². The SMILES string of the molecule is Cc1ccc(C(=O)O)c(N(C)Cc2cccc(Br)c2)n1. The molecule has 0 bridgehead atoms. The summed E-state index contributed by atoms with van der Waals surface area (Å²) >= 11 is 3.43. The summed E-state index contributed by atoms with van der Waals surface area (Å²) in [7, 11) is 1.84. The van der Waals surface area contributed by atoms with Crippen LogP contribution in [-0.4, -0.2) is 23.1 Å². The number of rotatable bonds is 4. The topological polar surface area (TPSA) is 53.4 Å². The Bertz CT molecular complexity index is 644. The summed E-state index contributed by atoms with van der Waals surface area (Å²) in [5.74, 6) is -0.480. The average molecular weight is 335 g/mol. The number of hydrogen-bond acceptors (Lipinski definition) is 3. The molecule has 2 aromatic rings. The Kier molecular flexibility index (Phi) is 4.39. The number of aryl methyl sites for hydroxylation is 1. The molecule has 0 atom stereocenters. The Balaban J connectivity index is 2.31. The first kappa shape index (κ1) is 14.5. The molecule has 0 aliphatic heterocycles. The van der Waals surface area contributed by atoms with Crippen molar-refractivity contribution in [3.05, 3.63) is 57.7 Å². The first-order valence-electron chi connectivity index (χ1n) is 6.14. The number of aromatic carboxylic acids is 1. The minimum absolute atomic E-state index is 0.216. The van der Waals surface area contributed by atoms with E-state index in [0.29, 0.717) is 12.4 Å². The highest BCUT2D eigenvalue weighted by Gasteiger charge is 2.15. The van der Waals surface area contributed by atoms with Gasteiger partial charge in [0, 0.05) is 23.8 Å². The predicted molar refractivity (Wildman–Crippen MR) is 82.2 cm³/mol. The smallest absolute Gasteiger partial charge is 0.339 e. The highest BCUT2D eigenvalue weighted by Crippen LogP contribution is 2.20. The van der Waals surface area contributed by atoms with Gasteiger partial charge >= 0.3 is 5.97 Å². The van der Waals surface area contributed by atoms with E-state index in [1.807, 2.05) is 43.1 Å². The fraction of sp³-hybridized carbons (Fsp3) is 0.200. The average Bonchev–Trinajstić information content (AvgIpc) is 2.38. The van der Waals surface area contributed by atoms with E-state index in [9.17, 15) is 9.90 Å². The molecular weight excluding hydrogens is 320 g/mol. The number of nitrogens with zero attached hydrogens (tertiary/aromatic N) is 2. The first-order chi connectivity index (χ1) is 9.47. The van der Waals surface area contributed by atoms with E-state index in [2.05, 4.69) is 20.9 Å². The van der Waals surface area contributed by atoms with Crippen molar-refractivity contribution in [2.75, 3.05) is 11.9 Å². The molecule has 0 fully saturated rings. The molecule has 1 N–H and O–H groups in total. The van der Waals surface area contributed by atoms with Crippen LogP contribution in [0.4, 0.5) is 5.82 Å². The number of aromatic nitrogens is 1. The van der Waals surface area contributed by atoms with Gasteiger partial charge in [0.25, 0.3) is 0 Å². The van der Waals surface area contributed by atoms with Gasteiger partial charge in [-0.05, 0) is 36.8 Å². The van der Waals surface area contributed by atoms with Crippen LogP contribution in [0.5, 0.6) is 0 Å². The standard InChI is InChI=1S/C15H15BrN2O2/c1-10-6-7-13(15(19)20)14(17-10)18(2)9-11-4-3-5-12(16)8-11/h3-8H,9H2,1-2H3,(H,19,20). The number of halogens is 1. The van der Waals surface area contributed by atoms with Gasteiger partial charge in [-0.3, -0.25) is 0 Å². The highest BCUT2D eigenvalue weighted by molar-refractivity contribution is 9.10. The minimum atomic E-state index is -0.964. The Labute approximate surface area is 126 Å². The summed E-state index contributed by atoms with van der Waals surface area (Å²) in [5.41, 5.74) is 2.10. The molecule has 0 aliphatic carbocycles. The zero-order valence-corrected chi connectivity index (χ0v) is 12.9. The third kappa shape index (κ3) is 3.36. The lowest BCUT2D eigenvalue weighted by Crippen LogP contribution is -2.21. The van der Waals surface area contributed by atoms with Crippen LogP contribution < -0.4 is 4.90 Å². The maximum absolute atomic E-state index is 11.3. The number of benzene rings is 1. The highest BCUT2D eigenvalue weighted by atomic mass is 79.9. The second-order valence-electron chi connectivity index (χ2n) is 4.61. The predicted octanol–water partition coefficient (Wildman–Crippen LogP) is 3.49. The van der Waals surface area contributed by atoms with Crippen LogP contribution in [0, 0.1) is 6.92 Å². The Morgan fingerprint density at radius 1 is 1.35 bits per heavy atom. The molecule has 0 spiro atoms. The molecule has 0 radical (unpaired) electrons. The van der Waals surface area contributed by atoms with Gasteiger partial charge in [0.15, 0.2) is 0 Å². The molecule has 0 saturated heterocycles. The Morgan fingerprint density at radius 3 is 2.75 bits per heavy atom. The summed E-state index contributed by atoms with van der Waals surface area (Å²) in [6.07, 6.45) is 0. The summed E-state index contributed by atoms with van der Waals surface area (Å²) in [6.45, 7) is 2.44. The molecule has 0 unspecified atom stereocenters. The van der Waals surface area contributed by atoms with E-state index >= 15 is 0 Å². The number of hydrogen-bond donors (Lipinski definition) is 1. The molecule has 5 heteroatoms. The lowest BCUT2D eigenvalue weighted by molar-refractivity contribution is 0.0697. The normalized spacial score (nSPS) is 10.3. The second-order valence-corrected chi connectivity index (χ2v) is 5.53. The summed E-state index contributed by atoms with van der Waals surface area (Å²) in [4.78, 5) is 17.5. The lowest BCUT2D eigenvalue weighted by Gasteiger charge is -2.20. The number of carboxylic acid groups (broad SMARTS) is 1. The molecule has 0 aliphatic rings. The second kappa shape index (κ2) is 6.05. The zero-order chi connectivity index (χ0) is 14.7. The molecule has 4 nitrogen and oxygen atoms in total. The number of carbonyl (C=O) groups is 1. The van der Waals surface area contributed by atoms with Crippen molar-refractivity contribution in [2.24, 2.45) is 0 Å². The van der Waals surface area contributed by atoms with Crippen molar-refractivity contribution >= 4 is 27.7 Å². The first-order valence-corrected chi connectivity index (χ1v) is 6.93. The van der Waals surface area contributed by atoms with Gasteiger partial charge in [0.05, 0.1) is 0 Å². The quantitative estimate of drug-likeness (QED) is 0.929. The van der Waals surface area contributed by atoms with Crippen molar-refractivity contribution in [1.29, 1.82) is 0 Å². The third-order valence-electron chi connectivity index (χ3n) is 2.92. The molecule has 0 saturated carbocycles. The van der Waals surface area contributed by atoms with Crippen LogP contribution in [-0.2, 0) is 6.54 Å². The van der Waals surface area contributed by atoms with Crippen LogP contribution in [0.1, 0.15) is 21.6 Å². The maximum Gasteiger partial charge on any atom is 0.339 e. The van der Waals surface area contributed by atoms with Gasteiger partial charge in [-0.25, -0.2) is 9.78 Å². The van der Waals surface area contributed by atoms with Gasteiger partial charge < -0.3 is 10.0 Å². The summed E-state index contributed by atoms with van der Waals surface area (Å²) in [5, 5.41) is 9.24. The fourth-order valence-electron chi connectivity index (χ4n) is 1.98. The third-order valence-corrected chi connectivity index (χ3v) is 3.41. The van der Waals surface area contributed by atoms with Gasteiger partial charge in [0.1, 0.15) is 11.4 Å². The van der Waals surface area contributed by atoms with Gasteiger partial charge in [-0.15, -0.1) is 0 Å². The van der Waals surface area contributed by atoms with Crippen molar-refractivity contribution in [3.8, 4) is 0 Å². The van der Waals surface area contributed by atoms with Crippen molar-refractivity contribution in [2.45, 2.75) is 13.5 Å². The largest absolute Gasteiger partial charge is 0.478 e. The molecule has 2 rings (SSSR count). The lowest BCUT2D eigenvalue weighted by atomic mass is 10.2. The number of anilines is 1. The van der Waals surface area contributed by atoms with Crippen LogP contribution in [0.3, 0.4) is 0 Å². The van der Waals surface area contributed by atoms with Crippen LogP contribution in [0.25, 0.3) is 0 Å². The van der Waals surface area contributed by atoms with Crippen LogP contribution in [0.15, 0.2) is 40.9 Å². The number of pyridine rings is 1. The molecule has 20 heavy (non-hydrogen) atoms. The van der Waals surface area contributed by atoms with E-state index in [1.165, 1.54) is 0 Å². The summed E-state index contributed by atoms with van der Waals surface area (Å²) in [6, 6.07) is 11.2. The molecule has 1 heterocycles.